The van der Waals surface area contributed by atoms with Crippen molar-refractivity contribution >= 4 is 53.8 Å². The van der Waals surface area contributed by atoms with Gasteiger partial charge < -0.3 is 23.4 Å². The minimum atomic E-state index is -2.82. The molecule has 1 aliphatic heterocycles. The normalized spacial score (nSPS) is 18.3. The van der Waals surface area contributed by atoms with Gasteiger partial charge in [0, 0.05) is 24.2 Å². The van der Waals surface area contributed by atoms with Crippen LogP contribution in [-0.4, -0.2) is 73.0 Å². The Kier molecular flexibility index (Phi) is 10.3. The third kappa shape index (κ3) is 6.96. The van der Waals surface area contributed by atoms with Crippen LogP contribution in [0.25, 0.3) is 0 Å². The lowest BCUT2D eigenvalue weighted by molar-refractivity contribution is -0.00341. The molecule has 1 aliphatic rings. The molecule has 3 atom stereocenters. The summed E-state index contributed by atoms with van der Waals surface area (Å²) in [5, 5.41) is 2.22. The number of aromatic nitrogens is 2. The Hall–Kier alpha value is -3.64. The van der Waals surface area contributed by atoms with E-state index in [1.807, 2.05) is 12.1 Å². The van der Waals surface area contributed by atoms with Crippen molar-refractivity contribution < 1.29 is 28.2 Å². The van der Waals surface area contributed by atoms with Gasteiger partial charge in [0.15, 0.2) is 6.10 Å². The Morgan fingerprint density at radius 2 is 1.64 bits per heavy atom. The number of benzene rings is 3. The van der Waals surface area contributed by atoms with Gasteiger partial charge in [-0.15, -0.1) is 11.8 Å². The highest BCUT2D eigenvalue weighted by molar-refractivity contribution is 8.00. The molecule has 45 heavy (non-hydrogen) atoms. The molecule has 0 bridgehead atoms. The lowest BCUT2D eigenvalue weighted by Crippen LogP contribution is -2.67. The molecule has 0 saturated carbocycles. The molecule has 0 unspecified atom stereocenters. The molecular formula is C34H38N2O6S2Si. The highest BCUT2D eigenvalue weighted by Gasteiger charge is 2.52. The van der Waals surface area contributed by atoms with Gasteiger partial charge in [-0.25, -0.2) is 9.78 Å². The van der Waals surface area contributed by atoms with Crippen molar-refractivity contribution in [3.63, 3.8) is 0 Å². The van der Waals surface area contributed by atoms with Crippen LogP contribution in [0.15, 0.2) is 97.6 Å². The number of thiocarbonyl (C=S) groups is 1. The number of carbonyl (C=O) groups is 1. The Morgan fingerprint density at radius 1 is 0.978 bits per heavy atom. The van der Waals surface area contributed by atoms with Gasteiger partial charge in [0.05, 0.1) is 26.1 Å². The maximum Gasteiger partial charge on any atom is 0.342 e. The highest BCUT2D eigenvalue weighted by Crippen LogP contribution is 2.39. The number of thioether (sulfide) groups is 1. The van der Waals surface area contributed by atoms with E-state index in [4.69, 9.17) is 35.6 Å². The van der Waals surface area contributed by atoms with Gasteiger partial charge in [-0.05, 0) is 39.8 Å². The number of rotatable bonds is 10. The first-order valence-electron chi connectivity index (χ1n) is 14.7. The van der Waals surface area contributed by atoms with Crippen LogP contribution in [0, 0.1) is 0 Å². The molecule has 0 amide bonds. The van der Waals surface area contributed by atoms with Crippen LogP contribution in [0.2, 0.25) is 5.04 Å². The second-order valence-electron chi connectivity index (χ2n) is 11.7. The van der Waals surface area contributed by atoms with E-state index in [-0.39, 0.29) is 15.5 Å². The number of hydrogen-bond acceptors (Lipinski definition) is 9. The zero-order valence-electron chi connectivity index (χ0n) is 26.0. The Balaban J connectivity index is 1.45. The van der Waals surface area contributed by atoms with Crippen LogP contribution in [0.1, 0.15) is 31.1 Å². The molecule has 1 aromatic heterocycles. The van der Waals surface area contributed by atoms with E-state index >= 15 is 0 Å². The second-order valence-corrected chi connectivity index (χ2v) is 17.6. The highest BCUT2D eigenvalue weighted by atomic mass is 32.2. The van der Waals surface area contributed by atoms with Crippen molar-refractivity contribution in [2.24, 2.45) is 0 Å². The van der Waals surface area contributed by atoms with Gasteiger partial charge in [0.25, 0.3) is 13.5 Å². The molecule has 236 valence electrons. The fourth-order valence-corrected chi connectivity index (χ4v) is 11.9. The van der Waals surface area contributed by atoms with E-state index in [0.29, 0.717) is 29.4 Å². The van der Waals surface area contributed by atoms with Gasteiger partial charge in [-0.3, -0.25) is 4.57 Å². The first kappa shape index (κ1) is 32.7. The average molecular weight is 663 g/mol. The number of hydrogen-bond donors (Lipinski definition) is 0. The van der Waals surface area contributed by atoms with Crippen molar-refractivity contribution in [3.05, 3.63) is 103 Å². The molecule has 0 aliphatic carbocycles. The SMILES string of the molecule is COc1ccc(C(=O)O[C@H]2CS[C@H](CO[Si](c3ccccc3)(c3ccccc3)C(C)(C)C)[C@H]2OC(=S)n2ccnc2)c(OC)c1. The van der Waals surface area contributed by atoms with Crippen molar-refractivity contribution in [1.82, 2.24) is 9.55 Å². The summed E-state index contributed by atoms with van der Waals surface area (Å²) < 4.78 is 32.2. The minimum Gasteiger partial charge on any atom is -0.497 e. The van der Waals surface area contributed by atoms with E-state index in [2.05, 4.69) is 74.3 Å². The Labute approximate surface area is 275 Å². The Bertz CT molecular complexity index is 1540. The van der Waals surface area contributed by atoms with Crippen LogP contribution in [0.4, 0.5) is 0 Å². The van der Waals surface area contributed by atoms with Gasteiger partial charge in [-0.1, -0.05) is 81.4 Å². The second kappa shape index (κ2) is 14.2. The number of nitrogens with zero attached hydrogens (tertiary/aromatic N) is 2. The third-order valence-corrected chi connectivity index (χ3v) is 14.6. The van der Waals surface area contributed by atoms with Crippen LogP contribution < -0.4 is 19.8 Å². The topological polar surface area (TPSA) is 81.0 Å². The number of methoxy groups -OCH3 is 2. The number of ether oxygens (including phenoxy) is 4. The monoisotopic (exact) mass is 662 g/mol. The predicted octanol–water partition coefficient (Wildman–Crippen LogP) is 5.34. The van der Waals surface area contributed by atoms with Crippen LogP contribution >= 0.6 is 24.0 Å². The largest absolute Gasteiger partial charge is 0.497 e. The summed E-state index contributed by atoms with van der Waals surface area (Å²) in [6.45, 7) is 7.11. The molecule has 0 spiro atoms. The van der Waals surface area contributed by atoms with Gasteiger partial charge in [0.1, 0.15) is 29.5 Å². The maximum absolute atomic E-state index is 13.5. The summed E-state index contributed by atoms with van der Waals surface area (Å²) in [6, 6.07) is 26.0. The van der Waals surface area contributed by atoms with Crippen LogP contribution in [0.5, 0.6) is 11.5 Å². The van der Waals surface area contributed by atoms with Gasteiger partial charge in [0.2, 0.25) is 0 Å². The molecule has 4 aromatic rings. The van der Waals surface area contributed by atoms with E-state index in [1.165, 1.54) is 17.5 Å². The summed E-state index contributed by atoms with van der Waals surface area (Å²) in [6.07, 6.45) is 3.78. The van der Waals surface area contributed by atoms with Crippen molar-refractivity contribution in [3.8, 4) is 11.5 Å². The van der Waals surface area contributed by atoms with E-state index in [0.717, 1.165) is 0 Å². The molecule has 1 saturated heterocycles. The van der Waals surface area contributed by atoms with Crippen molar-refractivity contribution in [1.29, 1.82) is 0 Å². The molecule has 0 N–H and O–H groups in total. The lowest BCUT2D eigenvalue weighted by atomic mass is 10.1. The van der Waals surface area contributed by atoms with Crippen LogP contribution in [-0.2, 0) is 13.9 Å². The molecule has 0 radical (unpaired) electrons. The summed E-state index contributed by atoms with van der Waals surface area (Å²) in [5.41, 5.74) is 0.297. The van der Waals surface area contributed by atoms with Gasteiger partial charge in [-0.2, -0.15) is 0 Å². The fourth-order valence-electron chi connectivity index (χ4n) is 5.72. The molecule has 3 aromatic carbocycles. The number of carbonyl (C=O) groups excluding carboxylic acids is 1. The molecular weight excluding hydrogens is 625 g/mol. The smallest absolute Gasteiger partial charge is 0.342 e. The third-order valence-electron chi connectivity index (χ3n) is 7.93. The van der Waals surface area contributed by atoms with Gasteiger partial charge >= 0.3 is 5.97 Å². The molecule has 1 fully saturated rings. The maximum atomic E-state index is 13.5. The van der Waals surface area contributed by atoms with E-state index in [9.17, 15) is 4.79 Å². The standard InChI is InChI=1S/C34H38N2O6S2Si/c1-34(2,3)45(25-12-8-6-9-13-25,26-14-10-7-11-15-26)40-21-30-31(42-33(43)36-19-18-35-23-36)29(22-44-30)41-32(37)27-17-16-24(38-4)20-28(27)39-5/h6-20,23,29-31H,21-22H2,1-5H3/t29-,30+,31-/m0/s1. The zero-order chi connectivity index (χ0) is 32.0. The molecule has 5 rings (SSSR count). The average Bonchev–Trinajstić information content (AvgIpc) is 3.72. The first-order valence-corrected chi connectivity index (χ1v) is 18.0. The van der Waals surface area contributed by atoms with Crippen molar-refractivity contribution in [2.45, 2.75) is 43.3 Å². The summed E-state index contributed by atoms with van der Waals surface area (Å²) in [4.78, 5) is 17.6. The summed E-state index contributed by atoms with van der Waals surface area (Å²) in [5.74, 6) is 0.932. The van der Waals surface area contributed by atoms with Crippen LogP contribution in [0.3, 0.4) is 0 Å². The van der Waals surface area contributed by atoms with Crippen molar-refractivity contribution in [2.75, 3.05) is 26.6 Å². The Morgan fingerprint density at radius 3 is 2.20 bits per heavy atom. The summed E-state index contributed by atoms with van der Waals surface area (Å²) in [7, 11) is 0.242. The molecule has 8 nitrogen and oxygen atoms in total. The first-order chi connectivity index (χ1) is 21.7. The number of esters is 1. The van der Waals surface area contributed by atoms with E-state index < -0.39 is 26.5 Å². The fraction of sp³-hybridized carbons (Fsp3) is 0.324. The predicted molar refractivity (Wildman–Crippen MR) is 184 cm³/mol. The quantitative estimate of drug-likeness (QED) is 0.127. The molecule has 2 heterocycles. The van der Waals surface area contributed by atoms with E-state index in [1.54, 1.807) is 60.4 Å². The minimum absolute atomic E-state index is 0.177. The summed E-state index contributed by atoms with van der Waals surface area (Å²) >= 11 is 7.30. The zero-order valence-corrected chi connectivity index (χ0v) is 28.7. The molecule has 11 heteroatoms. The lowest BCUT2D eigenvalue weighted by Gasteiger charge is -2.43. The number of imidazole rings is 1.